The van der Waals surface area contributed by atoms with Gasteiger partial charge in [-0.05, 0) is 30.0 Å². The van der Waals surface area contributed by atoms with E-state index in [-0.39, 0.29) is 28.7 Å². The SMILES string of the molecule is CC[C@@H](C)c1ccc(-c2csc(NC(=O)c3cc(Cl)c(OCC(N)=O)c(OC)c3)n2)cc1. The first kappa shape index (κ1) is 23.6. The molecule has 0 aliphatic carbocycles. The average molecular weight is 474 g/mol. The summed E-state index contributed by atoms with van der Waals surface area (Å²) in [5.41, 5.74) is 8.41. The van der Waals surface area contributed by atoms with Gasteiger partial charge in [-0.2, -0.15) is 0 Å². The van der Waals surface area contributed by atoms with Crippen molar-refractivity contribution in [3.05, 3.63) is 57.9 Å². The van der Waals surface area contributed by atoms with Gasteiger partial charge in [-0.1, -0.05) is 49.7 Å². The maximum atomic E-state index is 12.7. The lowest BCUT2D eigenvalue weighted by molar-refractivity contribution is -0.119. The molecular weight excluding hydrogens is 450 g/mol. The molecule has 0 unspecified atom stereocenters. The van der Waals surface area contributed by atoms with Crippen molar-refractivity contribution in [2.75, 3.05) is 19.0 Å². The van der Waals surface area contributed by atoms with Crippen LogP contribution in [0.5, 0.6) is 11.5 Å². The summed E-state index contributed by atoms with van der Waals surface area (Å²) >= 11 is 7.55. The first-order chi connectivity index (χ1) is 15.3. The molecule has 0 saturated heterocycles. The zero-order valence-electron chi connectivity index (χ0n) is 18.0. The number of nitrogens with one attached hydrogen (secondary N) is 1. The van der Waals surface area contributed by atoms with Crippen LogP contribution in [0.3, 0.4) is 0 Å². The third-order valence-corrected chi connectivity index (χ3v) is 6.00. The smallest absolute Gasteiger partial charge is 0.257 e. The Morgan fingerprint density at radius 1 is 1.25 bits per heavy atom. The minimum absolute atomic E-state index is 0.122. The molecule has 3 rings (SSSR count). The van der Waals surface area contributed by atoms with Crippen LogP contribution in [0, 0.1) is 0 Å². The van der Waals surface area contributed by atoms with Crippen molar-refractivity contribution in [2.24, 2.45) is 5.73 Å². The van der Waals surface area contributed by atoms with Crippen LogP contribution in [0.15, 0.2) is 41.8 Å². The van der Waals surface area contributed by atoms with Crippen LogP contribution in [0.1, 0.15) is 42.1 Å². The lowest BCUT2D eigenvalue weighted by Gasteiger charge is -2.13. The van der Waals surface area contributed by atoms with Gasteiger partial charge in [-0.15, -0.1) is 11.3 Å². The Balaban J connectivity index is 1.74. The van der Waals surface area contributed by atoms with Gasteiger partial charge in [0.15, 0.2) is 23.2 Å². The van der Waals surface area contributed by atoms with Crippen LogP contribution < -0.4 is 20.5 Å². The van der Waals surface area contributed by atoms with Gasteiger partial charge in [0.1, 0.15) is 0 Å². The second-order valence-corrected chi connectivity index (χ2v) is 8.43. The number of benzene rings is 2. The van der Waals surface area contributed by atoms with Gasteiger partial charge < -0.3 is 15.2 Å². The Hall–Kier alpha value is -3.10. The zero-order chi connectivity index (χ0) is 23.3. The Kier molecular flexibility index (Phi) is 7.71. The quantitative estimate of drug-likeness (QED) is 0.449. The molecule has 32 heavy (non-hydrogen) atoms. The number of aromatic nitrogens is 1. The van der Waals surface area contributed by atoms with Crippen molar-refractivity contribution in [3.8, 4) is 22.8 Å². The van der Waals surface area contributed by atoms with Gasteiger partial charge in [0.05, 0.1) is 17.8 Å². The molecule has 0 bridgehead atoms. The monoisotopic (exact) mass is 473 g/mol. The number of methoxy groups -OCH3 is 1. The van der Waals surface area contributed by atoms with Crippen LogP contribution >= 0.6 is 22.9 Å². The lowest BCUT2D eigenvalue weighted by Crippen LogP contribution is -2.20. The van der Waals surface area contributed by atoms with E-state index in [0.29, 0.717) is 11.0 Å². The summed E-state index contributed by atoms with van der Waals surface area (Å²) in [6, 6.07) is 11.2. The van der Waals surface area contributed by atoms with Gasteiger partial charge in [-0.25, -0.2) is 4.98 Å². The summed E-state index contributed by atoms with van der Waals surface area (Å²) < 4.78 is 10.5. The molecule has 168 valence electrons. The molecule has 0 fully saturated rings. The lowest BCUT2D eigenvalue weighted by atomic mass is 9.97. The predicted octanol–water partition coefficient (Wildman–Crippen LogP) is 5.10. The number of ether oxygens (including phenoxy) is 2. The maximum absolute atomic E-state index is 12.7. The molecule has 0 radical (unpaired) electrons. The van der Waals surface area contributed by atoms with E-state index in [1.807, 2.05) is 17.5 Å². The third kappa shape index (κ3) is 5.57. The van der Waals surface area contributed by atoms with Gasteiger partial charge >= 0.3 is 0 Å². The van der Waals surface area contributed by atoms with E-state index < -0.39 is 11.8 Å². The largest absolute Gasteiger partial charge is 0.493 e. The van der Waals surface area contributed by atoms with E-state index in [1.165, 1.54) is 36.1 Å². The maximum Gasteiger partial charge on any atom is 0.257 e. The van der Waals surface area contributed by atoms with E-state index in [1.54, 1.807) is 0 Å². The highest BCUT2D eigenvalue weighted by Gasteiger charge is 2.18. The molecule has 2 aromatic carbocycles. The molecule has 0 aliphatic heterocycles. The van der Waals surface area contributed by atoms with Crippen LogP contribution in [0.4, 0.5) is 5.13 Å². The molecule has 0 saturated carbocycles. The zero-order valence-corrected chi connectivity index (χ0v) is 19.5. The Morgan fingerprint density at radius 3 is 2.59 bits per heavy atom. The second-order valence-electron chi connectivity index (χ2n) is 7.17. The molecular formula is C23H24ClN3O4S. The minimum Gasteiger partial charge on any atom is -0.493 e. The molecule has 9 heteroatoms. The molecule has 3 N–H and O–H groups in total. The minimum atomic E-state index is -0.654. The fourth-order valence-corrected chi connectivity index (χ4v) is 3.97. The second kappa shape index (κ2) is 10.5. The number of nitrogens with zero attached hydrogens (tertiary/aromatic N) is 1. The highest BCUT2D eigenvalue weighted by Crippen LogP contribution is 2.37. The van der Waals surface area contributed by atoms with Crippen molar-refractivity contribution in [1.29, 1.82) is 0 Å². The molecule has 0 aliphatic rings. The van der Waals surface area contributed by atoms with Crippen LogP contribution in [0.25, 0.3) is 11.3 Å². The Labute approximate surface area is 195 Å². The first-order valence-electron chi connectivity index (χ1n) is 9.98. The van der Waals surface area contributed by atoms with E-state index in [9.17, 15) is 9.59 Å². The number of anilines is 1. The predicted molar refractivity (Wildman–Crippen MR) is 127 cm³/mol. The number of hydrogen-bond donors (Lipinski definition) is 2. The normalized spacial score (nSPS) is 11.6. The summed E-state index contributed by atoms with van der Waals surface area (Å²) in [4.78, 5) is 28.2. The van der Waals surface area contributed by atoms with Gasteiger partial charge in [0.2, 0.25) is 0 Å². The summed E-state index contributed by atoms with van der Waals surface area (Å²) in [5, 5.41) is 5.25. The van der Waals surface area contributed by atoms with Gasteiger partial charge in [0.25, 0.3) is 11.8 Å². The van der Waals surface area contributed by atoms with Gasteiger partial charge in [-0.3, -0.25) is 14.9 Å². The first-order valence-corrected chi connectivity index (χ1v) is 11.2. The number of carbonyl (C=O) groups excluding carboxylic acids is 2. The number of amides is 2. The molecule has 3 aromatic rings. The van der Waals surface area contributed by atoms with Gasteiger partial charge in [0, 0.05) is 16.5 Å². The molecule has 2 amide bonds. The number of halogens is 1. The van der Waals surface area contributed by atoms with E-state index in [2.05, 4.69) is 36.3 Å². The summed E-state index contributed by atoms with van der Waals surface area (Å²) in [6.45, 7) is 4.00. The van der Waals surface area contributed by atoms with Crippen molar-refractivity contribution >= 4 is 39.9 Å². The van der Waals surface area contributed by atoms with E-state index in [4.69, 9.17) is 26.8 Å². The molecule has 1 heterocycles. The molecule has 1 aromatic heterocycles. The molecule has 0 spiro atoms. The standard InChI is InChI=1S/C23H24ClN3O4S/c1-4-13(2)14-5-7-15(8-6-14)18-12-32-23(26-18)27-22(29)16-9-17(24)21(19(10-16)30-3)31-11-20(25)28/h5-10,12-13H,4,11H2,1-3H3,(H2,25,28)(H,26,27,29)/t13-/m1/s1. The van der Waals surface area contributed by atoms with Crippen molar-refractivity contribution < 1.29 is 19.1 Å². The number of carbonyl (C=O) groups is 2. The topological polar surface area (TPSA) is 104 Å². The number of nitrogens with two attached hydrogens (primary N) is 1. The summed E-state index contributed by atoms with van der Waals surface area (Å²) in [6.07, 6.45) is 1.08. The van der Waals surface area contributed by atoms with E-state index >= 15 is 0 Å². The number of hydrogen-bond acceptors (Lipinski definition) is 6. The highest BCUT2D eigenvalue weighted by molar-refractivity contribution is 7.14. The third-order valence-electron chi connectivity index (χ3n) is 4.96. The van der Waals surface area contributed by atoms with Crippen LogP contribution in [0.2, 0.25) is 5.02 Å². The number of thiazole rings is 1. The summed E-state index contributed by atoms with van der Waals surface area (Å²) in [5.74, 6) is -0.198. The highest BCUT2D eigenvalue weighted by atomic mass is 35.5. The molecule has 7 nitrogen and oxygen atoms in total. The Morgan fingerprint density at radius 2 is 1.97 bits per heavy atom. The summed E-state index contributed by atoms with van der Waals surface area (Å²) in [7, 11) is 1.41. The number of primary amides is 1. The number of rotatable bonds is 9. The van der Waals surface area contributed by atoms with Crippen molar-refractivity contribution in [1.82, 2.24) is 4.98 Å². The van der Waals surface area contributed by atoms with Crippen molar-refractivity contribution in [3.63, 3.8) is 0 Å². The van der Waals surface area contributed by atoms with Crippen molar-refractivity contribution in [2.45, 2.75) is 26.2 Å². The van der Waals surface area contributed by atoms with Crippen LogP contribution in [-0.2, 0) is 4.79 Å². The fourth-order valence-electron chi connectivity index (χ4n) is 2.99. The average Bonchev–Trinajstić information content (AvgIpc) is 3.25. The van der Waals surface area contributed by atoms with Crippen LogP contribution in [-0.4, -0.2) is 30.5 Å². The fraction of sp³-hybridized carbons (Fsp3) is 0.261. The molecule has 1 atom stereocenters. The Bertz CT molecular complexity index is 1110. The van der Waals surface area contributed by atoms with E-state index in [0.717, 1.165) is 17.7 Å².